The fourth-order valence-corrected chi connectivity index (χ4v) is 2.58. The van der Waals surface area contributed by atoms with Gasteiger partial charge in [-0.2, -0.15) is 0 Å². The van der Waals surface area contributed by atoms with E-state index in [2.05, 4.69) is 39.1 Å². The summed E-state index contributed by atoms with van der Waals surface area (Å²) in [5.74, 6) is 0.771. The van der Waals surface area contributed by atoms with Crippen LogP contribution in [0.1, 0.15) is 23.4 Å². The van der Waals surface area contributed by atoms with Gasteiger partial charge in [0.05, 0.1) is 5.69 Å². The number of aromatic nitrogens is 2. The van der Waals surface area contributed by atoms with Crippen molar-refractivity contribution in [3.05, 3.63) is 47.3 Å². The van der Waals surface area contributed by atoms with E-state index >= 15 is 0 Å². The quantitative estimate of drug-likeness (QED) is 0.893. The van der Waals surface area contributed by atoms with Gasteiger partial charge in [-0.05, 0) is 37.5 Å². The monoisotopic (exact) mass is 254 g/mol. The highest BCUT2D eigenvalue weighted by molar-refractivity contribution is 5.63. The van der Waals surface area contributed by atoms with Gasteiger partial charge in [0.15, 0.2) is 0 Å². The number of fused-ring (bicyclic) bond motifs is 1. The molecular formula is C15H18N4. The first-order chi connectivity index (χ1) is 9.28. The van der Waals surface area contributed by atoms with Gasteiger partial charge in [-0.1, -0.05) is 18.2 Å². The van der Waals surface area contributed by atoms with Crippen molar-refractivity contribution in [2.24, 2.45) is 5.73 Å². The maximum absolute atomic E-state index is 5.70. The second-order valence-electron chi connectivity index (χ2n) is 4.89. The first-order valence-corrected chi connectivity index (χ1v) is 6.68. The molecule has 3 rings (SSSR count). The zero-order valence-electron chi connectivity index (χ0n) is 11.1. The summed E-state index contributed by atoms with van der Waals surface area (Å²) in [4.78, 5) is 11.3. The molecule has 0 unspecified atom stereocenters. The van der Waals surface area contributed by atoms with Crippen molar-refractivity contribution >= 4 is 11.6 Å². The number of nitrogens with two attached hydrogens (primary N) is 1. The maximum Gasteiger partial charge on any atom is 0.230 e. The van der Waals surface area contributed by atoms with Gasteiger partial charge in [-0.3, -0.25) is 0 Å². The molecule has 0 radical (unpaired) electrons. The maximum atomic E-state index is 5.70. The van der Waals surface area contributed by atoms with Crippen LogP contribution in [0.15, 0.2) is 30.3 Å². The largest absolute Gasteiger partial charge is 0.325 e. The third-order valence-corrected chi connectivity index (χ3v) is 3.46. The van der Waals surface area contributed by atoms with Crippen LogP contribution in [0, 0.1) is 6.92 Å². The minimum atomic E-state index is 0.450. The molecule has 1 aromatic carbocycles. The summed E-state index contributed by atoms with van der Waals surface area (Å²) in [6.45, 7) is 3.40. The lowest BCUT2D eigenvalue weighted by Gasteiger charge is -2.29. The number of para-hydroxylation sites is 1. The predicted molar refractivity (Wildman–Crippen MR) is 76.4 cm³/mol. The number of hydrogen-bond acceptors (Lipinski definition) is 4. The number of hydrogen-bond donors (Lipinski definition) is 1. The molecule has 1 aromatic heterocycles. The molecule has 1 aliphatic rings. The molecule has 0 bridgehead atoms. The topological polar surface area (TPSA) is 55.0 Å². The highest BCUT2D eigenvalue weighted by Gasteiger charge is 2.20. The smallest absolute Gasteiger partial charge is 0.230 e. The zero-order valence-corrected chi connectivity index (χ0v) is 11.1. The Morgan fingerprint density at radius 1 is 1.26 bits per heavy atom. The number of aryl methyl sites for hydroxylation is 2. The number of nitrogens with zero attached hydrogens (tertiary/aromatic N) is 3. The predicted octanol–water partition coefficient (Wildman–Crippen LogP) is 2.33. The average molecular weight is 254 g/mol. The van der Waals surface area contributed by atoms with Crippen LogP contribution >= 0.6 is 0 Å². The molecule has 2 N–H and O–H groups in total. The van der Waals surface area contributed by atoms with Crippen LogP contribution in [0.5, 0.6) is 0 Å². The van der Waals surface area contributed by atoms with Crippen LogP contribution in [0.4, 0.5) is 11.6 Å². The summed E-state index contributed by atoms with van der Waals surface area (Å²) in [7, 11) is 0. The average Bonchev–Trinajstić information content (AvgIpc) is 2.46. The van der Waals surface area contributed by atoms with Gasteiger partial charge < -0.3 is 10.6 Å². The van der Waals surface area contributed by atoms with Crippen molar-refractivity contribution in [1.29, 1.82) is 0 Å². The normalized spacial score (nSPS) is 14.3. The van der Waals surface area contributed by atoms with Crippen LogP contribution in [-0.2, 0) is 13.0 Å². The molecular weight excluding hydrogens is 236 g/mol. The Morgan fingerprint density at radius 3 is 2.95 bits per heavy atom. The lowest BCUT2D eigenvalue weighted by Crippen LogP contribution is -2.26. The lowest BCUT2D eigenvalue weighted by molar-refractivity contribution is 0.744. The minimum Gasteiger partial charge on any atom is -0.325 e. The second-order valence-corrected chi connectivity index (χ2v) is 4.89. The van der Waals surface area contributed by atoms with Crippen molar-refractivity contribution in [2.75, 3.05) is 11.4 Å². The second kappa shape index (κ2) is 4.97. The van der Waals surface area contributed by atoms with Crippen LogP contribution in [0.3, 0.4) is 0 Å². The van der Waals surface area contributed by atoms with Crippen molar-refractivity contribution in [2.45, 2.75) is 26.3 Å². The fourth-order valence-electron chi connectivity index (χ4n) is 2.58. The van der Waals surface area contributed by atoms with E-state index in [4.69, 9.17) is 5.73 Å². The molecule has 2 aromatic rings. The first kappa shape index (κ1) is 12.1. The molecule has 98 valence electrons. The van der Waals surface area contributed by atoms with Crippen LogP contribution in [0.25, 0.3) is 0 Å². The van der Waals surface area contributed by atoms with E-state index in [1.807, 2.05) is 13.0 Å². The fraction of sp³-hybridized carbons (Fsp3) is 0.333. The molecule has 4 heteroatoms. The first-order valence-electron chi connectivity index (χ1n) is 6.68. The van der Waals surface area contributed by atoms with E-state index in [1.54, 1.807) is 0 Å². The molecule has 0 atom stereocenters. The van der Waals surface area contributed by atoms with E-state index in [-0.39, 0.29) is 0 Å². The molecule has 19 heavy (non-hydrogen) atoms. The van der Waals surface area contributed by atoms with Gasteiger partial charge in [0.1, 0.15) is 0 Å². The Kier molecular flexibility index (Phi) is 3.17. The Balaban J connectivity index is 2.06. The third kappa shape index (κ3) is 2.31. The number of anilines is 2. The van der Waals surface area contributed by atoms with Crippen molar-refractivity contribution < 1.29 is 0 Å². The molecule has 0 fully saturated rings. The van der Waals surface area contributed by atoms with Crippen molar-refractivity contribution in [1.82, 2.24) is 9.97 Å². The molecule has 0 saturated heterocycles. The SMILES string of the molecule is Cc1cc(CN)nc(N2CCCc3ccccc32)n1. The van der Waals surface area contributed by atoms with Gasteiger partial charge in [0, 0.05) is 24.5 Å². The van der Waals surface area contributed by atoms with E-state index in [1.165, 1.54) is 11.3 Å². The highest BCUT2D eigenvalue weighted by atomic mass is 15.3. The zero-order chi connectivity index (χ0) is 13.2. The molecule has 0 amide bonds. The molecule has 0 spiro atoms. The summed E-state index contributed by atoms with van der Waals surface area (Å²) in [5.41, 5.74) is 10.2. The molecule has 0 saturated carbocycles. The standard InChI is InChI=1S/C15H18N4/c1-11-9-13(10-16)18-15(17-11)19-8-4-6-12-5-2-3-7-14(12)19/h2-3,5,7,9H,4,6,8,10,16H2,1H3. The van der Waals surface area contributed by atoms with Gasteiger partial charge in [0.25, 0.3) is 0 Å². The van der Waals surface area contributed by atoms with E-state index < -0.39 is 0 Å². The number of rotatable bonds is 2. The van der Waals surface area contributed by atoms with Crippen molar-refractivity contribution in [3.8, 4) is 0 Å². The van der Waals surface area contributed by atoms with Crippen molar-refractivity contribution in [3.63, 3.8) is 0 Å². The van der Waals surface area contributed by atoms with Gasteiger partial charge in [-0.25, -0.2) is 9.97 Å². The molecule has 0 aliphatic carbocycles. The van der Waals surface area contributed by atoms with Gasteiger partial charge >= 0.3 is 0 Å². The summed E-state index contributed by atoms with van der Waals surface area (Å²) >= 11 is 0. The van der Waals surface area contributed by atoms with Crippen LogP contribution in [0.2, 0.25) is 0 Å². The van der Waals surface area contributed by atoms with Crippen LogP contribution in [-0.4, -0.2) is 16.5 Å². The Morgan fingerprint density at radius 2 is 2.11 bits per heavy atom. The van der Waals surface area contributed by atoms with E-state index in [0.717, 1.165) is 36.7 Å². The van der Waals surface area contributed by atoms with Gasteiger partial charge in [0.2, 0.25) is 5.95 Å². The van der Waals surface area contributed by atoms with Gasteiger partial charge in [-0.15, -0.1) is 0 Å². The highest BCUT2D eigenvalue weighted by Crippen LogP contribution is 2.31. The Hall–Kier alpha value is -1.94. The number of benzene rings is 1. The molecule has 2 heterocycles. The van der Waals surface area contributed by atoms with E-state index in [0.29, 0.717) is 6.54 Å². The molecule has 4 nitrogen and oxygen atoms in total. The summed E-state index contributed by atoms with van der Waals surface area (Å²) < 4.78 is 0. The summed E-state index contributed by atoms with van der Waals surface area (Å²) in [6.07, 6.45) is 2.26. The summed E-state index contributed by atoms with van der Waals surface area (Å²) in [6, 6.07) is 10.4. The summed E-state index contributed by atoms with van der Waals surface area (Å²) in [5, 5.41) is 0. The van der Waals surface area contributed by atoms with E-state index in [9.17, 15) is 0 Å². The lowest BCUT2D eigenvalue weighted by atomic mass is 10.0. The minimum absolute atomic E-state index is 0.450. The third-order valence-electron chi connectivity index (χ3n) is 3.46. The Labute approximate surface area is 113 Å². The van der Waals surface area contributed by atoms with Crippen LogP contribution < -0.4 is 10.6 Å². The Bertz CT molecular complexity index is 594. The molecule has 1 aliphatic heterocycles.